The van der Waals surface area contributed by atoms with E-state index in [1.807, 2.05) is 56.0 Å². The number of methoxy groups -OCH3 is 2. The zero-order valence-electron chi connectivity index (χ0n) is 18.1. The summed E-state index contributed by atoms with van der Waals surface area (Å²) in [5.41, 5.74) is 4.96. The summed E-state index contributed by atoms with van der Waals surface area (Å²) in [4.78, 5) is 14.8. The number of benzene rings is 2. The van der Waals surface area contributed by atoms with Crippen LogP contribution in [0.5, 0.6) is 17.2 Å². The smallest absolute Gasteiger partial charge is 0.337 e. The molecule has 162 valence electrons. The molecule has 2 heterocycles. The number of allylic oxidation sites excluding steroid dienone is 1. The fourth-order valence-electron chi connectivity index (χ4n) is 3.93. The largest absolute Gasteiger partial charge is 0.493 e. The first-order valence-electron chi connectivity index (χ1n) is 9.80. The number of ether oxygens (including phenoxy) is 4. The second kappa shape index (κ2) is 8.11. The Bertz CT molecular complexity index is 1110. The van der Waals surface area contributed by atoms with Crippen molar-refractivity contribution >= 4 is 29.0 Å². The van der Waals surface area contributed by atoms with E-state index in [2.05, 4.69) is 5.32 Å². The molecule has 0 aromatic heterocycles. The third kappa shape index (κ3) is 3.57. The molecular weight excluding hydrogens is 416 g/mol. The van der Waals surface area contributed by atoms with Gasteiger partial charge in [0.25, 0.3) is 0 Å². The van der Waals surface area contributed by atoms with Gasteiger partial charge in [0.1, 0.15) is 0 Å². The number of nitrogens with one attached hydrogen (secondary N) is 1. The van der Waals surface area contributed by atoms with E-state index in [0.717, 1.165) is 22.4 Å². The normalized spacial score (nSPS) is 17.5. The van der Waals surface area contributed by atoms with E-state index >= 15 is 0 Å². The Kier molecular flexibility index (Phi) is 5.49. The highest BCUT2D eigenvalue weighted by molar-refractivity contribution is 7.80. The summed E-state index contributed by atoms with van der Waals surface area (Å²) in [6, 6.07) is 9.23. The quantitative estimate of drug-likeness (QED) is 0.567. The third-order valence-corrected chi connectivity index (χ3v) is 5.81. The Morgan fingerprint density at radius 2 is 1.94 bits per heavy atom. The topological polar surface area (TPSA) is 69.3 Å². The average Bonchev–Trinajstić information content (AvgIpc) is 3.23. The van der Waals surface area contributed by atoms with Crippen molar-refractivity contribution < 1.29 is 23.7 Å². The zero-order chi connectivity index (χ0) is 22.3. The maximum absolute atomic E-state index is 12.9. The van der Waals surface area contributed by atoms with Crippen molar-refractivity contribution in [2.24, 2.45) is 0 Å². The SMILES string of the molecule is COC(=O)C1=C(C)N(c2cc(C)ccc2C)C(=S)N[C@H]1c1cc(OC)c2c(c1)OCO2. The maximum atomic E-state index is 12.9. The highest BCUT2D eigenvalue weighted by Gasteiger charge is 2.37. The Labute approximate surface area is 186 Å². The highest BCUT2D eigenvalue weighted by Crippen LogP contribution is 2.45. The maximum Gasteiger partial charge on any atom is 0.337 e. The predicted octanol–water partition coefficient (Wildman–Crippen LogP) is 3.92. The Hall–Kier alpha value is -3.26. The first-order chi connectivity index (χ1) is 14.8. The number of hydrogen-bond acceptors (Lipinski definition) is 6. The number of hydrogen-bond donors (Lipinski definition) is 1. The number of carbonyl (C=O) groups is 1. The second-order valence-electron chi connectivity index (χ2n) is 7.46. The predicted molar refractivity (Wildman–Crippen MR) is 121 cm³/mol. The lowest BCUT2D eigenvalue weighted by Gasteiger charge is -2.38. The van der Waals surface area contributed by atoms with Crippen molar-refractivity contribution in [3.8, 4) is 17.2 Å². The van der Waals surface area contributed by atoms with Gasteiger partial charge in [0.2, 0.25) is 12.5 Å². The van der Waals surface area contributed by atoms with Gasteiger partial charge >= 0.3 is 5.97 Å². The van der Waals surface area contributed by atoms with E-state index in [1.165, 1.54) is 7.11 Å². The number of nitrogens with zero attached hydrogens (tertiary/aromatic N) is 1. The zero-order valence-corrected chi connectivity index (χ0v) is 18.9. The van der Waals surface area contributed by atoms with Crippen molar-refractivity contribution in [3.63, 3.8) is 0 Å². The van der Waals surface area contributed by atoms with E-state index in [4.69, 9.17) is 31.2 Å². The van der Waals surface area contributed by atoms with Crippen LogP contribution in [-0.2, 0) is 9.53 Å². The van der Waals surface area contributed by atoms with Crippen LogP contribution < -0.4 is 24.4 Å². The van der Waals surface area contributed by atoms with Gasteiger partial charge in [-0.15, -0.1) is 0 Å². The van der Waals surface area contributed by atoms with Crippen LogP contribution in [0.1, 0.15) is 29.7 Å². The first-order valence-corrected chi connectivity index (χ1v) is 10.2. The van der Waals surface area contributed by atoms with E-state index < -0.39 is 12.0 Å². The molecule has 0 fully saturated rings. The van der Waals surface area contributed by atoms with Gasteiger partial charge in [0.05, 0.1) is 31.5 Å². The van der Waals surface area contributed by atoms with Crippen LogP contribution in [0.25, 0.3) is 0 Å². The molecule has 0 saturated heterocycles. The van der Waals surface area contributed by atoms with Crippen molar-refractivity contribution in [1.29, 1.82) is 0 Å². The number of aryl methyl sites for hydroxylation is 2. The van der Waals surface area contributed by atoms with Gasteiger partial charge in [-0.05, 0) is 67.9 Å². The third-order valence-electron chi connectivity index (χ3n) is 5.51. The second-order valence-corrected chi connectivity index (χ2v) is 7.84. The van der Waals surface area contributed by atoms with E-state index in [0.29, 0.717) is 33.6 Å². The molecule has 1 N–H and O–H groups in total. The lowest BCUT2D eigenvalue weighted by atomic mass is 9.93. The summed E-state index contributed by atoms with van der Waals surface area (Å²) >= 11 is 5.74. The van der Waals surface area contributed by atoms with Gasteiger partial charge in [-0.2, -0.15) is 0 Å². The van der Waals surface area contributed by atoms with Crippen molar-refractivity contribution in [3.05, 3.63) is 58.3 Å². The van der Waals surface area contributed by atoms with Crippen LogP contribution >= 0.6 is 12.2 Å². The van der Waals surface area contributed by atoms with Crippen LogP contribution in [0.15, 0.2) is 41.6 Å². The van der Waals surface area contributed by atoms with Crippen LogP contribution in [-0.4, -0.2) is 32.1 Å². The summed E-state index contributed by atoms with van der Waals surface area (Å²) in [5, 5.41) is 3.80. The monoisotopic (exact) mass is 440 g/mol. The van der Waals surface area contributed by atoms with Gasteiger partial charge in [-0.1, -0.05) is 12.1 Å². The molecule has 2 aromatic rings. The molecule has 2 aromatic carbocycles. The van der Waals surface area contributed by atoms with Gasteiger partial charge in [0.15, 0.2) is 16.6 Å². The number of fused-ring (bicyclic) bond motifs is 1. The number of anilines is 1. The van der Waals surface area contributed by atoms with Gasteiger partial charge in [0, 0.05) is 5.70 Å². The average molecular weight is 441 g/mol. The summed E-state index contributed by atoms with van der Waals surface area (Å²) < 4.78 is 21.7. The highest BCUT2D eigenvalue weighted by atomic mass is 32.1. The fraction of sp³-hybridized carbons (Fsp3) is 0.304. The summed E-state index contributed by atoms with van der Waals surface area (Å²) in [5.74, 6) is 1.18. The lowest BCUT2D eigenvalue weighted by molar-refractivity contribution is -0.136. The first kappa shape index (κ1) is 21.0. The Morgan fingerprint density at radius 3 is 2.65 bits per heavy atom. The minimum Gasteiger partial charge on any atom is -0.493 e. The Morgan fingerprint density at radius 1 is 1.16 bits per heavy atom. The molecule has 4 rings (SSSR count). The van der Waals surface area contributed by atoms with Crippen LogP contribution in [0.3, 0.4) is 0 Å². The molecule has 0 unspecified atom stereocenters. The number of rotatable bonds is 4. The minimum atomic E-state index is -0.537. The molecule has 2 aliphatic heterocycles. The fourth-order valence-corrected chi connectivity index (χ4v) is 4.29. The molecule has 8 heteroatoms. The molecule has 7 nitrogen and oxygen atoms in total. The van der Waals surface area contributed by atoms with Crippen molar-refractivity contribution in [1.82, 2.24) is 5.32 Å². The summed E-state index contributed by atoms with van der Waals surface area (Å²) in [6.45, 7) is 6.02. The molecule has 0 radical (unpaired) electrons. The number of carbonyl (C=O) groups excluding carboxylic acids is 1. The molecule has 0 bridgehead atoms. The number of esters is 1. The van der Waals surface area contributed by atoms with Gasteiger partial charge in [-0.3, -0.25) is 4.90 Å². The molecule has 31 heavy (non-hydrogen) atoms. The number of thiocarbonyl (C=S) groups is 1. The van der Waals surface area contributed by atoms with Gasteiger partial charge < -0.3 is 24.3 Å². The van der Waals surface area contributed by atoms with Crippen LogP contribution in [0.4, 0.5) is 5.69 Å². The van der Waals surface area contributed by atoms with E-state index in [9.17, 15) is 4.79 Å². The molecular formula is C23H24N2O5S. The van der Waals surface area contributed by atoms with Gasteiger partial charge in [-0.25, -0.2) is 4.79 Å². The summed E-state index contributed by atoms with van der Waals surface area (Å²) in [7, 11) is 2.93. The van der Waals surface area contributed by atoms with Crippen molar-refractivity contribution in [2.75, 3.05) is 25.9 Å². The standard InChI is InChI=1S/C23H24N2O5S/c1-12-6-7-13(2)16(8-12)25-14(3)19(22(26)28-5)20(24-23(25)31)15-9-17(27-4)21-18(10-15)29-11-30-21/h6-10,20H,11H2,1-5H3,(H,24,31)/t20-/m0/s1. The molecule has 1 atom stereocenters. The minimum absolute atomic E-state index is 0.116. The van der Waals surface area contributed by atoms with Crippen LogP contribution in [0, 0.1) is 13.8 Å². The molecule has 0 spiro atoms. The van der Waals surface area contributed by atoms with E-state index in [-0.39, 0.29) is 6.79 Å². The Balaban J connectivity index is 1.88. The van der Waals surface area contributed by atoms with E-state index in [1.54, 1.807) is 7.11 Å². The summed E-state index contributed by atoms with van der Waals surface area (Å²) in [6.07, 6.45) is 0. The van der Waals surface area contributed by atoms with Crippen LogP contribution in [0.2, 0.25) is 0 Å². The molecule has 0 aliphatic carbocycles. The lowest BCUT2D eigenvalue weighted by Crippen LogP contribution is -2.48. The molecule has 0 amide bonds. The molecule has 2 aliphatic rings. The molecule has 0 saturated carbocycles. The van der Waals surface area contributed by atoms with Crippen molar-refractivity contribution in [2.45, 2.75) is 26.8 Å².